The van der Waals surface area contributed by atoms with Crippen LogP contribution in [0.5, 0.6) is 0 Å². The van der Waals surface area contributed by atoms with Crippen molar-refractivity contribution in [1.29, 1.82) is 0 Å². The molecule has 1 aromatic rings. The normalized spacial score (nSPS) is 12.1. The van der Waals surface area contributed by atoms with Crippen LogP contribution in [0.1, 0.15) is 17.7 Å². The van der Waals surface area contributed by atoms with Gasteiger partial charge in [0, 0.05) is 5.25 Å². The standard InChI is InChI=1S/C9H11NO2S2/c1-7(13-14-12-9(10)11)8-5-3-2-4-6-8/h2-7H,1H3,(H2,10,11). The summed E-state index contributed by atoms with van der Waals surface area (Å²) in [5.74, 6) is 0. The van der Waals surface area contributed by atoms with Gasteiger partial charge in [0.1, 0.15) is 11.1 Å². The average molecular weight is 229 g/mol. The number of carbonyl (C=O) groups is 1. The third-order valence-corrected chi connectivity index (χ3v) is 3.75. The minimum Gasteiger partial charge on any atom is -0.363 e. The Bertz CT molecular complexity index is 292. The van der Waals surface area contributed by atoms with E-state index in [0.717, 1.165) is 11.1 Å². The molecular weight excluding hydrogens is 218 g/mol. The zero-order valence-corrected chi connectivity index (χ0v) is 9.31. The summed E-state index contributed by atoms with van der Waals surface area (Å²) in [6.07, 6.45) is -0.761. The van der Waals surface area contributed by atoms with E-state index in [9.17, 15) is 4.79 Å². The Hall–Kier alpha value is -0.810. The lowest BCUT2D eigenvalue weighted by Crippen LogP contribution is -2.07. The lowest BCUT2D eigenvalue weighted by molar-refractivity contribution is 0.219. The van der Waals surface area contributed by atoms with E-state index in [1.54, 1.807) is 0 Å². The molecule has 0 fully saturated rings. The first kappa shape index (κ1) is 11.3. The summed E-state index contributed by atoms with van der Waals surface area (Å²) < 4.78 is 4.55. The van der Waals surface area contributed by atoms with E-state index in [1.165, 1.54) is 16.4 Å². The molecule has 1 aromatic carbocycles. The first-order chi connectivity index (χ1) is 6.70. The van der Waals surface area contributed by atoms with Crippen molar-refractivity contribution < 1.29 is 8.98 Å². The van der Waals surface area contributed by atoms with Crippen molar-refractivity contribution >= 4 is 28.0 Å². The Morgan fingerprint density at radius 1 is 1.43 bits per heavy atom. The number of carbonyl (C=O) groups excluding carboxylic acids is 1. The average Bonchev–Trinajstić information content (AvgIpc) is 2.18. The minimum absolute atomic E-state index is 0.264. The van der Waals surface area contributed by atoms with Crippen molar-refractivity contribution in [3.8, 4) is 0 Å². The van der Waals surface area contributed by atoms with E-state index in [4.69, 9.17) is 5.73 Å². The van der Waals surface area contributed by atoms with Gasteiger partial charge in [-0.2, -0.15) is 0 Å². The monoisotopic (exact) mass is 229 g/mol. The summed E-state index contributed by atoms with van der Waals surface area (Å²) in [7, 11) is 1.45. The van der Waals surface area contributed by atoms with Crippen LogP contribution in [0.3, 0.4) is 0 Å². The minimum atomic E-state index is -0.761. The second kappa shape index (κ2) is 5.82. The predicted octanol–water partition coefficient (Wildman–Crippen LogP) is 3.14. The van der Waals surface area contributed by atoms with Gasteiger partial charge >= 0.3 is 6.09 Å². The van der Waals surface area contributed by atoms with Crippen LogP contribution < -0.4 is 5.73 Å². The van der Waals surface area contributed by atoms with Crippen LogP contribution in [0.25, 0.3) is 0 Å². The molecule has 1 atom stereocenters. The largest absolute Gasteiger partial charge is 0.417 e. The molecule has 0 aromatic heterocycles. The van der Waals surface area contributed by atoms with Crippen LogP contribution in [-0.2, 0) is 4.18 Å². The molecule has 0 aliphatic rings. The van der Waals surface area contributed by atoms with Gasteiger partial charge in [-0.05, 0) is 23.3 Å². The Morgan fingerprint density at radius 2 is 2.07 bits per heavy atom. The number of nitrogens with two attached hydrogens (primary N) is 1. The fourth-order valence-corrected chi connectivity index (χ4v) is 2.39. The van der Waals surface area contributed by atoms with Gasteiger partial charge in [-0.1, -0.05) is 30.3 Å². The highest BCUT2D eigenvalue weighted by Gasteiger charge is 2.07. The maximum Gasteiger partial charge on any atom is 0.417 e. The molecule has 1 rings (SSSR count). The molecule has 1 amide bonds. The molecule has 3 nitrogen and oxygen atoms in total. The first-order valence-electron chi connectivity index (χ1n) is 4.04. The van der Waals surface area contributed by atoms with Gasteiger partial charge in [0.05, 0.1) is 0 Å². The summed E-state index contributed by atoms with van der Waals surface area (Å²) in [5, 5.41) is 0.264. The number of amides is 1. The summed E-state index contributed by atoms with van der Waals surface area (Å²) in [6.45, 7) is 2.04. The molecule has 0 aliphatic heterocycles. The molecule has 0 bridgehead atoms. The van der Waals surface area contributed by atoms with E-state index in [0.29, 0.717) is 0 Å². The van der Waals surface area contributed by atoms with Crippen molar-refractivity contribution in [3.05, 3.63) is 35.9 Å². The molecule has 0 radical (unpaired) electrons. The number of rotatable bonds is 4. The van der Waals surface area contributed by atoms with Crippen LogP contribution >= 0.6 is 21.9 Å². The van der Waals surface area contributed by atoms with Gasteiger partial charge in [-0.25, -0.2) is 4.79 Å². The second-order valence-electron chi connectivity index (χ2n) is 2.62. The van der Waals surface area contributed by atoms with E-state index >= 15 is 0 Å². The van der Waals surface area contributed by atoms with Crippen molar-refractivity contribution in [2.75, 3.05) is 0 Å². The third-order valence-electron chi connectivity index (χ3n) is 1.57. The number of benzene rings is 1. The zero-order valence-electron chi connectivity index (χ0n) is 7.67. The molecule has 0 heterocycles. The molecule has 0 saturated heterocycles. The highest BCUT2D eigenvalue weighted by Crippen LogP contribution is 2.37. The number of hydrogen-bond acceptors (Lipinski definition) is 4. The second-order valence-corrected chi connectivity index (χ2v) is 4.81. The highest BCUT2D eigenvalue weighted by atomic mass is 33.1. The lowest BCUT2D eigenvalue weighted by Gasteiger charge is -2.08. The summed E-state index contributed by atoms with van der Waals surface area (Å²) in [4.78, 5) is 10.3. The SMILES string of the molecule is CC(SSOC(N)=O)c1ccccc1. The van der Waals surface area contributed by atoms with E-state index < -0.39 is 6.09 Å². The van der Waals surface area contributed by atoms with Crippen LogP contribution in [0.2, 0.25) is 0 Å². The van der Waals surface area contributed by atoms with Crippen molar-refractivity contribution in [2.24, 2.45) is 5.73 Å². The summed E-state index contributed by atoms with van der Waals surface area (Å²) >= 11 is 1.01. The summed E-state index contributed by atoms with van der Waals surface area (Å²) in [5.41, 5.74) is 6.01. The Labute approximate surface area is 91.0 Å². The first-order valence-corrected chi connectivity index (χ1v) is 6.18. The molecular formula is C9H11NO2S2. The van der Waals surface area contributed by atoms with Gasteiger partial charge in [0.25, 0.3) is 0 Å². The van der Waals surface area contributed by atoms with Crippen molar-refractivity contribution in [1.82, 2.24) is 0 Å². The topological polar surface area (TPSA) is 52.3 Å². The van der Waals surface area contributed by atoms with Gasteiger partial charge in [0.15, 0.2) is 0 Å². The zero-order chi connectivity index (χ0) is 10.4. The van der Waals surface area contributed by atoms with Gasteiger partial charge in [-0.3, -0.25) is 0 Å². The van der Waals surface area contributed by atoms with Crippen molar-refractivity contribution in [3.63, 3.8) is 0 Å². The molecule has 0 spiro atoms. The molecule has 14 heavy (non-hydrogen) atoms. The highest BCUT2D eigenvalue weighted by molar-refractivity contribution is 8.75. The van der Waals surface area contributed by atoms with Crippen LogP contribution in [0.15, 0.2) is 30.3 Å². The Kier molecular flexibility index (Phi) is 4.69. The van der Waals surface area contributed by atoms with Gasteiger partial charge in [0.2, 0.25) is 0 Å². The lowest BCUT2D eigenvalue weighted by atomic mass is 10.2. The van der Waals surface area contributed by atoms with Gasteiger partial charge < -0.3 is 9.92 Å². The van der Waals surface area contributed by atoms with Crippen LogP contribution in [-0.4, -0.2) is 6.09 Å². The molecule has 2 N–H and O–H groups in total. The van der Waals surface area contributed by atoms with E-state index in [2.05, 4.69) is 4.18 Å². The van der Waals surface area contributed by atoms with Crippen LogP contribution in [0, 0.1) is 0 Å². The van der Waals surface area contributed by atoms with E-state index in [1.807, 2.05) is 37.3 Å². The Balaban J connectivity index is 2.36. The maximum absolute atomic E-state index is 10.3. The molecule has 76 valence electrons. The molecule has 0 saturated carbocycles. The predicted molar refractivity (Wildman–Crippen MR) is 60.7 cm³/mol. The fraction of sp³-hybridized carbons (Fsp3) is 0.222. The molecule has 0 aliphatic carbocycles. The van der Waals surface area contributed by atoms with Crippen molar-refractivity contribution in [2.45, 2.75) is 12.2 Å². The van der Waals surface area contributed by atoms with Crippen LogP contribution in [0.4, 0.5) is 4.79 Å². The smallest absolute Gasteiger partial charge is 0.363 e. The quantitative estimate of drug-likeness (QED) is 0.636. The molecule has 5 heteroatoms. The fourth-order valence-electron chi connectivity index (χ4n) is 0.892. The van der Waals surface area contributed by atoms with Gasteiger partial charge in [-0.15, -0.1) is 0 Å². The maximum atomic E-state index is 10.3. The third kappa shape index (κ3) is 3.93. The molecule has 1 unspecified atom stereocenters. The Morgan fingerprint density at radius 3 is 2.64 bits per heavy atom. The number of primary amides is 1. The van der Waals surface area contributed by atoms with E-state index in [-0.39, 0.29) is 5.25 Å². The number of hydrogen-bond donors (Lipinski definition) is 1. The summed E-state index contributed by atoms with van der Waals surface area (Å²) in [6, 6.07) is 9.98.